The summed E-state index contributed by atoms with van der Waals surface area (Å²) in [6.07, 6.45) is 0. The molecule has 7 nitrogen and oxygen atoms in total. The van der Waals surface area contributed by atoms with Crippen molar-refractivity contribution in [2.45, 2.75) is 0 Å². The molecule has 0 unspecified atom stereocenters. The molecule has 326 valence electrons. The summed E-state index contributed by atoms with van der Waals surface area (Å²) in [6.45, 7) is 0. The van der Waals surface area contributed by atoms with E-state index in [-0.39, 0.29) is 0 Å². The van der Waals surface area contributed by atoms with Gasteiger partial charge in [0, 0.05) is 65.6 Å². The van der Waals surface area contributed by atoms with Gasteiger partial charge in [0.2, 0.25) is 5.95 Å². The Morgan fingerprint density at radius 3 is 1.53 bits per heavy atom. The molecule has 10 aromatic carbocycles. The lowest BCUT2D eigenvalue weighted by molar-refractivity contribution is 0.669. The molecular weight excluding hydrogens is 857 g/mol. The second kappa shape index (κ2) is 15.0. The van der Waals surface area contributed by atoms with Crippen LogP contribution in [0.15, 0.2) is 235 Å². The molecule has 0 fully saturated rings. The zero-order chi connectivity index (χ0) is 45.9. The highest BCUT2D eigenvalue weighted by atomic mass is 16.3. The summed E-state index contributed by atoms with van der Waals surface area (Å²) in [5.74, 6) is 1.66. The Kier molecular flexibility index (Phi) is 8.23. The van der Waals surface area contributed by atoms with Gasteiger partial charge in [-0.3, -0.25) is 4.57 Å². The van der Waals surface area contributed by atoms with Crippen molar-refractivity contribution in [2.75, 3.05) is 0 Å². The Labute approximate surface area is 400 Å². The molecule has 15 aromatic rings. The fourth-order valence-electron chi connectivity index (χ4n) is 11.1. The minimum Gasteiger partial charge on any atom is -0.456 e. The van der Waals surface area contributed by atoms with Gasteiger partial charge >= 0.3 is 0 Å². The van der Waals surface area contributed by atoms with Crippen molar-refractivity contribution in [3.8, 4) is 51.2 Å². The predicted molar refractivity (Wildman–Crippen MR) is 286 cm³/mol. The first-order valence-corrected chi connectivity index (χ1v) is 23.6. The summed E-state index contributed by atoms with van der Waals surface area (Å²) in [6, 6.07) is 81.6. The normalized spacial score (nSPS) is 12.0. The molecule has 0 aliphatic heterocycles. The first kappa shape index (κ1) is 38.5. The first-order valence-electron chi connectivity index (χ1n) is 23.6. The lowest BCUT2D eigenvalue weighted by Gasteiger charge is -2.14. The van der Waals surface area contributed by atoms with Crippen molar-refractivity contribution in [1.82, 2.24) is 28.7 Å². The van der Waals surface area contributed by atoms with E-state index in [4.69, 9.17) is 19.4 Å². The number of hydrogen-bond donors (Lipinski definition) is 0. The van der Waals surface area contributed by atoms with Crippen LogP contribution in [0.25, 0.3) is 139 Å². The molecule has 0 N–H and O–H groups in total. The number of nitrogens with zero attached hydrogens (tertiary/aromatic N) is 6. The van der Waals surface area contributed by atoms with E-state index in [2.05, 4.69) is 196 Å². The van der Waals surface area contributed by atoms with E-state index in [0.717, 1.165) is 93.6 Å². The largest absolute Gasteiger partial charge is 0.456 e. The van der Waals surface area contributed by atoms with Crippen LogP contribution in [0.4, 0.5) is 0 Å². The standard InChI is InChI=1S/C63H38N6O/c1-3-16-39(17-4-1)40-30-32-42(33-31-40)68-55-37-34-43(67-52-25-11-7-20-44(52)45-21-8-12-26-53(45)67)38-51(55)48-36-35-47-46-22-9-13-27-54(46)69(60(47)59(48)68)63-65-61(41-18-5-2-6-19-41)64-62(66-63)50-24-15-29-57-58(50)49-23-10-14-28-56(49)70-57/h1-38H. The number of para-hydroxylation sites is 4. The van der Waals surface area contributed by atoms with Gasteiger partial charge in [0.05, 0.1) is 33.1 Å². The molecule has 0 saturated carbocycles. The van der Waals surface area contributed by atoms with Crippen LogP contribution < -0.4 is 0 Å². The molecule has 70 heavy (non-hydrogen) atoms. The zero-order valence-electron chi connectivity index (χ0n) is 37.5. The summed E-state index contributed by atoms with van der Waals surface area (Å²) in [5.41, 5.74) is 14.3. The highest BCUT2D eigenvalue weighted by molar-refractivity contribution is 6.24. The highest BCUT2D eigenvalue weighted by Gasteiger charge is 2.25. The van der Waals surface area contributed by atoms with Crippen LogP contribution in [0, 0.1) is 0 Å². The van der Waals surface area contributed by atoms with Crippen LogP contribution in [-0.4, -0.2) is 28.7 Å². The average Bonchev–Trinajstić information content (AvgIpc) is 4.18. The highest BCUT2D eigenvalue weighted by Crippen LogP contribution is 2.44. The van der Waals surface area contributed by atoms with E-state index in [9.17, 15) is 0 Å². The quantitative estimate of drug-likeness (QED) is 0.167. The van der Waals surface area contributed by atoms with E-state index >= 15 is 0 Å². The van der Waals surface area contributed by atoms with Crippen molar-refractivity contribution in [1.29, 1.82) is 0 Å². The van der Waals surface area contributed by atoms with Crippen molar-refractivity contribution in [3.05, 3.63) is 231 Å². The maximum absolute atomic E-state index is 6.41. The third kappa shape index (κ3) is 5.66. The predicted octanol–water partition coefficient (Wildman–Crippen LogP) is 16.1. The van der Waals surface area contributed by atoms with E-state index in [0.29, 0.717) is 17.6 Å². The topological polar surface area (TPSA) is 66.6 Å². The van der Waals surface area contributed by atoms with Crippen LogP contribution in [0.2, 0.25) is 0 Å². The van der Waals surface area contributed by atoms with Crippen molar-refractivity contribution >= 4 is 87.4 Å². The molecule has 0 spiro atoms. The summed E-state index contributed by atoms with van der Waals surface area (Å²) in [4.78, 5) is 16.2. The molecule has 15 rings (SSSR count). The van der Waals surface area contributed by atoms with E-state index in [1.165, 1.54) is 27.4 Å². The van der Waals surface area contributed by atoms with Gasteiger partial charge in [-0.15, -0.1) is 0 Å². The number of rotatable bonds is 6. The van der Waals surface area contributed by atoms with Crippen LogP contribution in [0.5, 0.6) is 0 Å². The molecular formula is C63H38N6O. The number of furan rings is 1. The molecule has 7 heteroatoms. The minimum atomic E-state index is 0.523. The number of hydrogen-bond acceptors (Lipinski definition) is 4. The summed E-state index contributed by atoms with van der Waals surface area (Å²) < 4.78 is 13.5. The minimum absolute atomic E-state index is 0.523. The van der Waals surface area contributed by atoms with E-state index in [1.54, 1.807) is 0 Å². The maximum Gasteiger partial charge on any atom is 0.238 e. The van der Waals surface area contributed by atoms with Crippen LogP contribution in [-0.2, 0) is 0 Å². The SMILES string of the molecule is c1ccc(-c2ccc(-n3c4ccc(-n5c6ccccc6c6ccccc65)cc4c4ccc5c6ccccc6n(-c6nc(-c7ccccc7)nc(-c7cccc8oc9ccccc9c78)n6)c5c43)cc2)cc1. The molecule has 0 amide bonds. The Bertz CT molecular complexity index is 4530. The second-order valence-electron chi connectivity index (χ2n) is 18.0. The van der Waals surface area contributed by atoms with Gasteiger partial charge in [-0.1, -0.05) is 170 Å². The van der Waals surface area contributed by atoms with Crippen molar-refractivity contribution < 1.29 is 4.42 Å². The van der Waals surface area contributed by atoms with Gasteiger partial charge in [0.15, 0.2) is 11.6 Å². The van der Waals surface area contributed by atoms with Crippen molar-refractivity contribution in [2.24, 2.45) is 0 Å². The molecule has 0 aliphatic rings. The third-order valence-corrected chi connectivity index (χ3v) is 14.1. The van der Waals surface area contributed by atoms with Gasteiger partial charge in [-0.25, -0.2) is 4.98 Å². The van der Waals surface area contributed by atoms with Crippen LogP contribution in [0.1, 0.15) is 0 Å². The molecule has 0 radical (unpaired) electrons. The van der Waals surface area contributed by atoms with Crippen LogP contribution >= 0.6 is 0 Å². The van der Waals surface area contributed by atoms with Gasteiger partial charge < -0.3 is 13.6 Å². The lowest BCUT2D eigenvalue weighted by Crippen LogP contribution is -2.07. The Balaban J connectivity index is 1.06. The number of aromatic nitrogens is 6. The maximum atomic E-state index is 6.41. The van der Waals surface area contributed by atoms with E-state index < -0.39 is 0 Å². The fourth-order valence-corrected chi connectivity index (χ4v) is 11.1. The summed E-state index contributed by atoms with van der Waals surface area (Å²) >= 11 is 0. The van der Waals surface area contributed by atoms with Gasteiger partial charge in [-0.05, 0) is 71.8 Å². The van der Waals surface area contributed by atoms with Crippen LogP contribution in [0.3, 0.4) is 0 Å². The molecule has 0 aliphatic carbocycles. The Morgan fingerprint density at radius 1 is 0.300 bits per heavy atom. The zero-order valence-corrected chi connectivity index (χ0v) is 37.5. The van der Waals surface area contributed by atoms with E-state index in [1.807, 2.05) is 48.5 Å². The Morgan fingerprint density at radius 2 is 0.814 bits per heavy atom. The second-order valence-corrected chi connectivity index (χ2v) is 18.0. The molecule has 0 bridgehead atoms. The lowest BCUT2D eigenvalue weighted by atomic mass is 10.1. The monoisotopic (exact) mass is 894 g/mol. The Hall–Kier alpha value is -9.59. The summed E-state index contributed by atoms with van der Waals surface area (Å²) in [5, 5.41) is 8.90. The number of fused-ring (bicyclic) bond motifs is 13. The first-order chi connectivity index (χ1) is 34.7. The average molecular weight is 895 g/mol. The fraction of sp³-hybridized carbons (Fsp3) is 0. The molecule has 5 aromatic heterocycles. The number of benzene rings is 10. The van der Waals surface area contributed by atoms with Crippen molar-refractivity contribution in [3.63, 3.8) is 0 Å². The molecule has 0 atom stereocenters. The third-order valence-electron chi connectivity index (χ3n) is 14.1. The molecule has 0 saturated heterocycles. The summed E-state index contributed by atoms with van der Waals surface area (Å²) in [7, 11) is 0. The smallest absolute Gasteiger partial charge is 0.238 e. The van der Waals surface area contributed by atoms with Gasteiger partial charge in [-0.2, -0.15) is 9.97 Å². The molecule has 5 heterocycles. The van der Waals surface area contributed by atoms with Gasteiger partial charge in [0.1, 0.15) is 11.2 Å². The van der Waals surface area contributed by atoms with Gasteiger partial charge in [0.25, 0.3) is 0 Å².